The zero-order valence-corrected chi connectivity index (χ0v) is 10.9. The van der Waals surface area contributed by atoms with E-state index in [0.29, 0.717) is 12.1 Å². The zero-order valence-electron chi connectivity index (χ0n) is 10.9. The van der Waals surface area contributed by atoms with Crippen LogP contribution >= 0.6 is 0 Å². The van der Waals surface area contributed by atoms with Gasteiger partial charge in [0.25, 0.3) is 0 Å². The van der Waals surface area contributed by atoms with Gasteiger partial charge in [-0.3, -0.25) is 0 Å². The molecule has 0 radical (unpaired) electrons. The summed E-state index contributed by atoms with van der Waals surface area (Å²) in [6.07, 6.45) is 10.8. The Morgan fingerprint density at radius 2 is 1.94 bits per heavy atom. The van der Waals surface area contributed by atoms with E-state index in [1.807, 2.05) is 0 Å². The molecule has 2 fully saturated rings. The molecule has 2 aliphatic rings. The summed E-state index contributed by atoms with van der Waals surface area (Å²) in [6, 6.07) is 0.590. The molecule has 94 valence electrons. The van der Waals surface area contributed by atoms with Crippen molar-refractivity contribution in [3.8, 4) is 0 Å². The fraction of sp³-hybridized carbons (Fsp3) is 1.00. The summed E-state index contributed by atoms with van der Waals surface area (Å²) in [4.78, 5) is 0. The first-order chi connectivity index (χ1) is 7.79. The molecule has 2 rings (SSSR count). The molecular formula is C14H27NO. The van der Waals surface area contributed by atoms with Crippen LogP contribution in [0.3, 0.4) is 0 Å². The molecule has 2 unspecified atom stereocenters. The third-order valence-electron chi connectivity index (χ3n) is 4.31. The molecule has 0 bridgehead atoms. The summed E-state index contributed by atoms with van der Waals surface area (Å²) >= 11 is 0. The van der Waals surface area contributed by atoms with Crippen LogP contribution < -0.4 is 5.32 Å². The lowest BCUT2D eigenvalue weighted by Gasteiger charge is -2.47. The Hall–Kier alpha value is -0.0800. The van der Waals surface area contributed by atoms with Crippen LogP contribution in [0.5, 0.6) is 0 Å². The molecule has 0 aromatic heterocycles. The smallest absolute Gasteiger partial charge is 0.0810 e. The van der Waals surface area contributed by atoms with Gasteiger partial charge in [0.15, 0.2) is 0 Å². The van der Waals surface area contributed by atoms with Crippen LogP contribution in [0.2, 0.25) is 0 Å². The van der Waals surface area contributed by atoms with Crippen LogP contribution in [0.1, 0.15) is 65.2 Å². The second-order valence-electron chi connectivity index (χ2n) is 5.58. The number of hydrogen-bond donors (Lipinski definition) is 1. The summed E-state index contributed by atoms with van der Waals surface area (Å²) in [7, 11) is 0. The average Bonchev–Trinajstić information content (AvgIpc) is 2.31. The zero-order chi connectivity index (χ0) is 11.4. The van der Waals surface area contributed by atoms with Gasteiger partial charge in [0.2, 0.25) is 0 Å². The Balaban J connectivity index is 1.98. The SMILES string of the molecule is CCCC1OC2(CCCCC2)CNC1CC. The first kappa shape index (κ1) is 12.4. The number of rotatable bonds is 3. The molecule has 1 aliphatic carbocycles. The maximum atomic E-state index is 6.50. The molecule has 1 N–H and O–H groups in total. The monoisotopic (exact) mass is 225 g/mol. The van der Waals surface area contributed by atoms with Gasteiger partial charge in [-0.25, -0.2) is 0 Å². The Morgan fingerprint density at radius 3 is 2.56 bits per heavy atom. The van der Waals surface area contributed by atoms with E-state index in [-0.39, 0.29) is 5.60 Å². The van der Waals surface area contributed by atoms with Gasteiger partial charge in [0, 0.05) is 12.6 Å². The first-order valence-electron chi connectivity index (χ1n) is 7.21. The number of morpholine rings is 1. The lowest BCUT2D eigenvalue weighted by Crippen LogP contribution is -2.59. The summed E-state index contributed by atoms with van der Waals surface area (Å²) in [5.74, 6) is 0. The second-order valence-corrected chi connectivity index (χ2v) is 5.58. The Bertz CT molecular complexity index is 211. The first-order valence-corrected chi connectivity index (χ1v) is 7.21. The van der Waals surface area contributed by atoms with Crippen LogP contribution in [0.4, 0.5) is 0 Å². The Labute approximate surface area is 100 Å². The standard InChI is InChI=1S/C14H27NO/c1-3-8-13-12(4-2)15-11-14(16-13)9-6-5-7-10-14/h12-13,15H,3-11H2,1-2H3. The van der Waals surface area contributed by atoms with E-state index in [9.17, 15) is 0 Å². The summed E-state index contributed by atoms with van der Waals surface area (Å²) in [6.45, 7) is 5.62. The lowest BCUT2D eigenvalue weighted by atomic mass is 9.82. The predicted molar refractivity (Wildman–Crippen MR) is 67.7 cm³/mol. The normalized spacial score (nSPS) is 34.1. The molecular weight excluding hydrogens is 198 g/mol. The molecule has 16 heavy (non-hydrogen) atoms. The molecule has 0 amide bonds. The van der Waals surface area contributed by atoms with Crippen molar-refractivity contribution in [1.82, 2.24) is 5.32 Å². The number of hydrogen-bond acceptors (Lipinski definition) is 2. The molecule has 0 aromatic carbocycles. The molecule has 1 heterocycles. The lowest BCUT2D eigenvalue weighted by molar-refractivity contribution is -0.153. The van der Waals surface area contributed by atoms with E-state index in [0.717, 1.165) is 6.54 Å². The second kappa shape index (κ2) is 5.50. The van der Waals surface area contributed by atoms with E-state index >= 15 is 0 Å². The highest BCUT2D eigenvalue weighted by molar-refractivity contribution is 4.95. The number of nitrogens with one attached hydrogen (secondary N) is 1. The summed E-state index contributed by atoms with van der Waals surface area (Å²) < 4.78 is 6.50. The molecule has 2 nitrogen and oxygen atoms in total. The van der Waals surface area contributed by atoms with Gasteiger partial charge in [0.1, 0.15) is 0 Å². The average molecular weight is 225 g/mol. The van der Waals surface area contributed by atoms with Crippen molar-refractivity contribution in [2.75, 3.05) is 6.54 Å². The topological polar surface area (TPSA) is 21.3 Å². The van der Waals surface area contributed by atoms with Gasteiger partial charge >= 0.3 is 0 Å². The third-order valence-corrected chi connectivity index (χ3v) is 4.31. The van der Waals surface area contributed by atoms with E-state index in [4.69, 9.17) is 4.74 Å². The maximum Gasteiger partial charge on any atom is 0.0810 e. The van der Waals surface area contributed by atoms with Crippen molar-refractivity contribution in [1.29, 1.82) is 0 Å². The quantitative estimate of drug-likeness (QED) is 0.796. The van der Waals surface area contributed by atoms with Crippen LogP contribution in [-0.2, 0) is 4.74 Å². The highest BCUT2D eigenvalue weighted by atomic mass is 16.5. The van der Waals surface area contributed by atoms with Crippen molar-refractivity contribution in [2.45, 2.75) is 83.0 Å². The van der Waals surface area contributed by atoms with Crippen molar-refractivity contribution in [3.05, 3.63) is 0 Å². The van der Waals surface area contributed by atoms with Crippen molar-refractivity contribution in [2.24, 2.45) is 0 Å². The third kappa shape index (κ3) is 2.60. The van der Waals surface area contributed by atoms with E-state index in [2.05, 4.69) is 19.2 Å². The minimum atomic E-state index is 0.198. The Kier molecular flexibility index (Phi) is 4.26. The van der Waals surface area contributed by atoms with Crippen LogP contribution in [0.15, 0.2) is 0 Å². The highest BCUT2D eigenvalue weighted by Crippen LogP contribution is 2.36. The summed E-state index contributed by atoms with van der Waals surface area (Å²) in [5, 5.41) is 3.74. The fourth-order valence-corrected chi connectivity index (χ4v) is 3.34. The van der Waals surface area contributed by atoms with E-state index < -0.39 is 0 Å². The van der Waals surface area contributed by atoms with Gasteiger partial charge < -0.3 is 10.1 Å². The fourth-order valence-electron chi connectivity index (χ4n) is 3.34. The van der Waals surface area contributed by atoms with Gasteiger partial charge in [-0.05, 0) is 25.7 Å². The Morgan fingerprint density at radius 1 is 1.19 bits per heavy atom. The van der Waals surface area contributed by atoms with E-state index in [1.165, 1.54) is 51.4 Å². The van der Waals surface area contributed by atoms with Gasteiger partial charge in [-0.15, -0.1) is 0 Å². The molecule has 1 saturated carbocycles. The number of ether oxygens (including phenoxy) is 1. The molecule has 1 aliphatic heterocycles. The molecule has 2 atom stereocenters. The van der Waals surface area contributed by atoms with Gasteiger partial charge in [0.05, 0.1) is 11.7 Å². The van der Waals surface area contributed by atoms with Gasteiger partial charge in [-0.2, -0.15) is 0 Å². The molecule has 1 saturated heterocycles. The summed E-state index contributed by atoms with van der Waals surface area (Å²) in [5.41, 5.74) is 0.198. The van der Waals surface area contributed by atoms with Crippen molar-refractivity contribution >= 4 is 0 Å². The van der Waals surface area contributed by atoms with Crippen molar-refractivity contribution in [3.63, 3.8) is 0 Å². The maximum absolute atomic E-state index is 6.50. The minimum Gasteiger partial charge on any atom is -0.369 e. The predicted octanol–water partition coefficient (Wildman–Crippen LogP) is 3.26. The van der Waals surface area contributed by atoms with Crippen LogP contribution in [0.25, 0.3) is 0 Å². The highest BCUT2D eigenvalue weighted by Gasteiger charge is 2.41. The van der Waals surface area contributed by atoms with Gasteiger partial charge in [-0.1, -0.05) is 39.5 Å². The van der Waals surface area contributed by atoms with Crippen LogP contribution in [0, 0.1) is 0 Å². The molecule has 0 aromatic rings. The van der Waals surface area contributed by atoms with E-state index in [1.54, 1.807) is 0 Å². The van der Waals surface area contributed by atoms with Crippen LogP contribution in [-0.4, -0.2) is 24.3 Å². The minimum absolute atomic E-state index is 0.198. The molecule has 1 spiro atoms. The molecule has 2 heteroatoms. The largest absolute Gasteiger partial charge is 0.369 e. The van der Waals surface area contributed by atoms with Crippen molar-refractivity contribution < 1.29 is 4.74 Å².